The minimum Gasteiger partial charge on any atom is -0.228 e. The molecule has 1 aromatic heterocycles. The van der Waals surface area contributed by atoms with Crippen molar-refractivity contribution < 1.29 is 0 Å². The highest BCUT2D eigenvalue weighted by Gasteiger charge is 2.12. The Balaban J connectivity index is 1.70. The van der Waals surface area contributed by atoms with Gasteiger partial charge >= 0.3 is 0 Å². The van der Waals surface area contributed by atoms with Crippen LogP contribution in [0.25, 0.3) is 45.0 Å². The van der Waals surface area contributed by atoms with Crippen LogP contribution in [-0.2, 0) is 0 Å². The van der Waals surface area contributed by atoms with Crippen LogP contribution < -0.4 is 0 Å². The molecular weight excluding hydrogens is 376 g/mol. The molecule has 0 fully saturated rings. The number of aromatic nitrogens is 2. The smallest absolute Gasteiger partial charge is 0.160 e. The summed E-state index contributed by atoms with van der Waals surface area (Å²) in [5, 5.41) is 0. The zero-order valence-corrected chi connectivity index (χ0v) is 17.4. The van der Waals surface area contributed by atoms with E-state index in [1.165, 1.54) is 16.7 Å². The number of rotatable bonds is 4. The first-order valence-electron chi connectivity index (χ1n) is 10.4. The third kappa shape index (κ3) is 4.15. The number of hydrogen-bond acceptors (Lipinski definition) is 2. The average molecular weight is 399 g/mol. The lowest BCUT2D eigenvalue weighted by Crippen LogP contribution is -1.96. The second-order valence-corrected chi connectivity index (χ2v) is 7.65. The van der Waals surface area contributed by atoms with Gasteiger partial charge in [0, 0.05) is 16.7 Å². The third-order valence-corrected chi connectivity index (χ3v) is 5.31. The van der Waals surface area contributed by atoms with Crippen LogP contribution in [0.15, 0.2) is 115 Å². The molecule has 0 aliphatic heterocycles. The van der Waals surface area contributed by atoms with Crippen LogP contribution in [0.1, 0.15) is 5.56 Å². The van der Waals surface area contributed by atoms with Crippen molar-refractivity contribution in [2.45, 2.75) is 6.92 Å². The van der Waals surface area contributed by atoms with Crippen molar-refractivity contribution in [3.05, 3.63) is 121 Å². The Morgan fingerprint density at radius 1 is 0.419 bits per heavy atom. The molecule has 31 heavy (non-hydrogen) atoms. The predicted molar refractivity (Wildman–Crippen MR) is 129 cm³/mol. The molecule has 0 radical (unpaired) electrons. The summed E-state index contributed by atoms with van der Waals surface area (Å²) in [6.45, 7) is 2.12. The molecule has 2 heteroatoms. The quantitative estimate of drug-likeness (QED) is 0.314. The lowest BCUT2D eigenvalue weighted by Gasteiger charge is -2.11. The number of hydrogen-bond donors (Lipinski definition) is 0. The molecule has 0 N–H and O–H groups in total. The van der Waals surface area contributed by atoms with E-state index in [1.54, 1.807) is 0 Å². The lowest BCUT2D eigenvalue weighted by molar-refractivity contribution is 1.18. The van der Waals surface area contributed by atoms with Crippen molar-refractivity contribution >= 4 is 0 Å². The van der Waals surface area contributed by atoms with Gasteiger partial charge in [-0.3, -0.25) is 0 Å². The van der Waals surface area contributed by atoms with E-state index in [0.29, 0.717) is 0 Å². The van der Waals surface area contributed by atoms with Crippen molar-refractivity contribution in [2.24, 2.45) is 0 Å². The van der Waals surface area contributed by atoms with Crippen LogP contribution in [0.3, 0.4) is 0 Å². The first kappa shape index (κ1) is 19.0. The Bertz CT molecular complexity index is 1250. The SMILES string of the molecule is Cc1cc(-c2ccccc2)cc(-c2nc(-c3ccccc3)cc(-c3ccccc3)n2)c1. The normalized spacial score (nSPS) is 10.7. The van der Waals surface area contributed by atoms with E-state index < -0.39 is 0 Å². The van der Waals surface area contributed by atoms with E-state index >= 15 is 0 Å². The predicted octanol–water partition coefficient (Wildman–Crippen LogP) is 7.45. The largest absolute Gasteiger partial charge is 0.228 e. The summed E-state index contributed by atoms with van der Waals surface area (Å²) in [5.74, 6) is 0.737. The third-order valence-electron chi connectivity index (χ3n) is 5.31. The summed E-state index contributed by atoms with van der Waals surface area (Å²) in [6.07, 6.45) is 0. The van der Waals surface area contributed by atoms with Gasteiger partial charge in [-0.25, -0.2) is 9.97 Å². The number of nitrogens with zero attached hydrogens (tertiary/aromatic N) is 2. The van der Waals surface area contributed by atoms with Crippen molar-refractivity contribution in [1.29, 1.82) is 0 Å². The zero-order chi connectivity index (χ0) is 21.0. The highest BCUT2D eigenvalue weighted by atomic mass is 14.9. The monoisotopic (exact) mass is 398 g/mol. The molecule has 0 unspecified atom stereocenters. The second-order valence-electron chi connectivity index (χ2n) is 7.65. The zero-order valence-electron chi connectivity index (χ0n) is 17.4. The summed E-state index contributed by atoms with van der Waals surface area (Å²) in [6, 6.07) is 39.6. The van der Waals surface area contributed by atoms with E-state index in [-0.39, 0.29) is 0 Å². The molecule has 148 valence electrons. The Kier molecular flexibility index (Phi) is 5.12. The fourth-order valence-corrected chi connectivity index (χ4v) is 3.80. The molecule has 2 nitrogen and oxygen atoms in total. The van der Waals surface area contributed by atoms with E-state index in [0.717, 1.165) is 33.9 Å². The van der Waals surface area contributed by atoms with Crippen LogP contribution in [0.2, 0.25) is 0 Å². The fourth-order valence-electron chi connectivity index (χ4n) is 3.80. The van der Waals surface area contributed by atoms with Gasteiger partial charge < -0.3 is 0 Å². The molecule has 0 bridgehead atoms. The van der Waals surface area contributed by atoms with Crippen molar-refractivity contribution in [1.82, 2.24) is 9.97 Å². The van der Waals surface area contributed by atoms with Gasteiger partial charge in [0.1, 0.15) is 0 Å². The standard InChI is InChI=1S/C29H22N2/c1-21-17-25(22-11-5-2-6-12-22)19-26(18-21)29-30-27(23-13-7-3-8-14-23)20-28(31-29)24-15-9-4-10-16-24/h2-20H,1H3. The summed E-state index contributed by atoms with van der Waals surface area (Å²) in [7, 11) is 0. The minimum absolute atomic E-state index is 0.737. The van der Waals surface area contributed by atoms with Gasteiger partial charge in [0.25, 0.3) is 0 Å². The maximum absolute atomic E-state index is 4.96. The summed E-state index contributed by atoms with van der Waals surface area (Å²) in [4.78, 5) is 9.93. The summed E-state index contributed by atoms with van der Waals surface area (Å²) in [5.41, 5.74) is 8.58. The fraction of sp³-hybridized carbons (Fsp3) is 0.0345. The van der Waals surface area contributed by atoms with Gasteiger partial charge in [-0.1, -0.05) is 97.1 Å². The summed E-state index contributed by atoms with van der Waals surface area (Å²) >= 11 is 0. The molecule has 0 aliphatic carbocycles. The Labute approximate surface area is 182 Å². The molecule has 0 amide bonds. The van der Waals surface area contributed by atoms with Gasteiger partial charge in [-0.15, -0.1) is 0 Å². The van der Waals surface area contributed by atoms with Gasteiger partial charge in [-0.2, -0.15) is 0 Å². The van der Waals surface area contributed by atoms with E-state index in [1.807, 2.05) is 42.5 Å². The highest BCUT2D eigenvalue weighted by molar-refractivity contribution is 5.75. The molecule has 0 saturated heterocycles. The Morgan fingerprint density at radius 3 is 1.39 bits per heavy atom. The number of benzene rings is 4. The van der Waals surface area contributed by atoms with Gasteiger partial charge in [0.15, 0.2) is 5.82 Å². The first-order chi connectivity index (χ1) is 15.3. The van der Waals surface area contributed by atoms with Crippen molar-refractivity contribution in [2.75, 3.05) is 0 Å². The lowest BCUT2D eigenvalue weighted by atomic mass is 9.99. The van der Waals surface area contributed by atoms with Gasteiger partial charge in [0.05, 0.1) is 11.4 Å². The molecule has 0 atom stereocenters. The first-order valence-corrected chi connectivity index (χ1v) is 10.4. The molecular formula is C29H22N2. The van der Waals surface area contributed by atoms with E-state index in [2.05, 4.69) is 79.7 Å². The van der Waals surface area contributed by atoms with Crippen LogP contribution in [-0.4, -0.2) is 9.97 Å². The van der Waals surface area contributed by atoms with Crippen LogP contribution in [0, 0.1) is 6.92 Å². The van der Waals surface area contributed by atoms with Crippen molar-refractivity contribution in [3.63, 3.8) is 0 Å². The molecule has 0 saturated carbocycles. The molecule has 0 spiro atoms. The molecule has 1 heterocycles. The molecule has 5 aromatic rings. The van der Waals surface area contributed by atoms with E-state index in [9.17, 15) is 0 Å². The average Bonchev–Trinajstić information content (AvgIpc) is 2.85. The van der Waals surface area contributed by atoms with Crippen molar-refractivity contribution in [3.8, 4) is 45.0 Å². The Morgan fingerprint density at radius 2 is 0.871 bits per heavy atom. The van der Waals surface area contributed by atoms with Gasteiger partial charge in [0.2, 0.25) is 0 Å². The van der Waals surface area contributed by atoms with Crippen LogP contribution >= 0.6 is 0 Å². The van der Waals surface area contributed by atoms with Crippen LogP contribution in [0.4, 0.5) is 0 Å². The van der Waals surface area contributed by atoms with Crippen LogP contribution in [0.5, 0.6) is 0 Å². The highest BCUT2D eigenvalue weighted by Crippen LogP contribution is 2.30. The van der Waals surface area contributed by atoms with Gasteiger partial charge in [-0.05, 0) is 41.8 Å². The minimum atomic E-state index is 0.737. The topological polar surface area (TPSA) is 25.8 Å². The molecule has 5 rings (SSSR count). The maximum Gasteiger partial charge on any atom is 0.160 e. The maximum atomic E-state index is 4.96. The van der Waals surface area contributed by atoms with E-state index in [4.69, 9.17) is 9.97 Å². The molecule has 4 aromatic carbocycles. The summed E-state index contributed by atoms with van der Waals surface area (Å²) < 4.78 is 0. The molecule has 0 aliphatic rings. The second kappa shape index (κ2) is 8.37. The Hall–Kier alpha value is -4.04. The number of aryl methyl sites for hydroxylation is 1.